The van der Waals surface area contributed by atoms with Gasteiger partial charge in [0.15, 0.2) is 0 Å². The molecule has 0 amide bonds. The van der Waals surface area contributed by atoms with Gasteiger partial charge in [-0.3, -0.25) is 4.90 Å². The molecule has 3 nitrogen and oxygen atoms in total. The van der Waals surface area contributed by atoms with E-state index in [1.165, 1.54) is 12.8 Å². The predicted molar refractivity (Wildman–Crippen MR) is 73.4 cm³/mol. The number of hydrogen-bond acceptors (Lipinski definition) is 3. The van der Waals surface area contributed by atoms with E-state index in [-0.39, 0.29) is 0 Å². The van der Waals surface area contributed by atoms with Crippen molar-refractivity contribution in [2.45, 2.75) is 58.7 Å². The summed E-state index contributed by atoms with van der Waals surface area (Å²) in [7, 11) is 2.06. The summed E-state index contributed by atoms with van der Waals surface area (Å²) in [5.41, 5.74) is 0. The number of nitrogens with zero attached hydrogens (tertiary/aromatic N) is 1. The minimum Gasteiger partial charge on any atom is -0.374 e. The molecular weight excluding hydrogens is 212 g/mol. The lowest BCUT2D eigenvalue weighted by atomic mass is 9.95. The standard InChI is InChI=1S/C14H30N2O/c1-6-12(4)9-13(15-5)14-10-16(11(2)3)7-8-17-14/h11-15H,6-10H2,1-5H3. The SMILES string of the molecule is CCC(C)CC(NC)C1CN(C(C)C)CCO1. The number of rotatable bonds is 6. The van der Waals surface area contributed by atoms with Gasteiger partial charge in [-0.15, -0.1) is 0 Å². The molecule has 1 aliphatic rings. The lowest BCUT2D eigenvalue weighted by Gasteiger charge is -2.39. The molecule has 0 aromatic heterocycles. The molecule has 0 bridgehead atoms. The minimum atomic E-state index is 0.352. The van der Waals surface area contributed by atoms with Gasteiger partial charge in [0.05, 0.1) is 12.7 Å². The molecule has 1 N–H and O–H groups in total. The molecule has 0 aliphatic carbocycles. The lowest BCUT2D eigenvalue weighted by molar-refractivity contribution is -0.0573. The Morgan fingerprint density at radius 1 is 1.35 bits per heavy atom. The zero-order valence-electron chi connectivity index (χ0n) is 12.2. The number of hydrogen-bond donors (Lipinski definition) is 1. The largest absolute Gasteiger partial charge is 0.374 e. The molecule has 1 heterocycles. The van der Waals surface area contributed by atoms with Crippen LogP contribution in [-0.2, 0) is 4.74 Å². The summed E-state index contributed by atoms with van der Waals surface area (Å²) >= 11 is 0. The summed E-state index contributed by atoms with van der Waals surface area (Å²) in [6, 6.07) is 1.12. The molecule has 17 heavy (non-hydrogen) atoms. The molecule has 102 valence electrons. The summed E-state index contributed by atoms with van der Waals surface area (Å²) in [4.78, 5) is 2.52. The third-order valence-electron chi connectivity index (χ3n) is 4.03. The molecule has 0 radical (unpaired) electrons. The highest BCUT2D eigenvalue weighted by Crippen LogP contribution is 2.18. The second-order valence-corrected chi connectivity index (χ2v) is 5.64. The van der Waals surface area contributed by atoms with Crippen LogP contribution in [0.5, 0.6) is 0 Å². The molecule has 3 unspecified atom stereocenters. The third kappa shape index (κ3) is 4.57. The maximum Gasteiger partial charge on any atom is 0.0855 e. The second kappa shape index (κ2) is 7.34. The van der Waals surface area contributed by atoms with Crippen molar-refractivity contribution in [2.75, 3.05) is 26.7 Å². The van der Waals surface area contributed by atoms with Gasteiger partial charge in [0.25, 0.3) is 0 Å². The van der Waals surface area contributed by atoms with Crippen LogP contribution in [0.1, 0.15) is 40.5 Å². The van der Waals surface area contributed by atoms with Crippen molar-refractivity contribution in [3.05, 3.63) is 0 Å². The highest BCUT2D eigenvalue weighted by atomic mass is 16.5. The number of ether oxygens (including phenoxy) is 1. The van der Waals surface area contributed by atoms with Gasteiger partial charge < -0.3 is 10.1 Å². The topological polar surface area (TPSA) is 24.5 Å². The summed E-state index contributed by atoms with van der Waals surface area (Å²) in [5.74, 6) is 0.769. The average Bonchev–Trinajstić information content (AvgIpc) is 2.35. The number of likely N-dealkylation sites (N-methyl/N-ethyl adjacent to an activating group) is 1. The predicted octanol–water partition coefficient (Wildman–Crippen LogP) is 2.12. The summed E-state index contributed by atoms with van der Waals surface area (Å²) in [6.07, 6.45) is 2.81. The van der Waals surface area contributed by atoms with Crippen LogP contribution in [0.3, 0.4) is 0 Å². The molecule has 1 saturated heterocycles. The Hall–Kier alpha value is -0.120. The molecule has 1 fully saturated rings. The van der Waals surface area contributed by atoms with Crippen LogP contribution in [0.4, 0.5) is 0 Å². The maximum atomic E-state index is 5.95. The van der Waals surface area contributed by atoms with Crippen molar-refractivity contribution < 1.29 is 4.74 Å². The van der Waals surface area contributed by atoms with Gasteiger partial charge in [0.2, 0.25) is 0 Å². The molecule has 0 spiro atoms. The van der Waals surface area contributed by atoms with E-state index in [0.29, 0.717) is 18.2 Å². The molecule has 0 saturated carbocycles. The van der Waals surface area contributed by atoms with Crippen molar-refractivity contribution in [2.24, 2.45) is 5.92 Å². The smallest absolute Gasteiger partial charge is 0.0855 e. The van der Waals surface area contributed by atoms with Crippen molar-refractivity contribution in [3.8, 4) is 0 Å². The summed E-state index contributed by atoms with van der Waals surface area (Å²) in [6.45, 7) is 12.2. The van der Waals surface area contributed by atoms with Crippen LogP contribution in [-0.4, -0.2) is 49.8 Å². The molecule has 3 atom stereocenters. The Bertz CT molecular complexity index is 208. The van der Waals surface area contributed by atoms with Gasteiger partial charge in [-0.2, -0.15) is 0 Å². The van der Waals surface area contributed by atoms with Crippen molar-refractivity contribution in [3.63, 3.8) is 0 Å². The van der Waals surface area contributed by atoms with Crippen LogP contribution < -0.4 is 5.32 Å². The van der Waals surface area contributed by atoms with Crippen molar-refractivity contribution in [1.29, 1.82) is 0 Å². The van der Waals surface area contributed by atoms with E-state index in [4.69, 9.17) is 4.74 Å². The molecular formula is C14H30N2O. The highest BCUT2D eigenvalue weighted by Gasteiger charge is 2.28. The van der Waals surface area contributed by atoms with Crippen molar-refractivity contribution >= 4 is 0 Å². The Morgan fingerprint density at radius 2 is 2.06 bits per heavy atom. The average molecular weight is 242 g/mol. The first-order valence-electron chi connectivity index (χ1n) is 7.11. The fourth-order valence-corrected chi connectivity index (χ4v) is 2.46. The number of nitrogens with one attached hydrogen (secondary N) is 1. The maximum absolute atomic E-state index is 5.95. The van der Waals surface area contributed by atoms with E-state index < -0.39 is 0 Å². The first-order chi connectivity index (χ1) is 8.08. The minimum absolute atomic E-state index is 0.352. The van der Waals surface area contributed by atoms with Crippen LogP contribution in [0.2, 0.25) is 0 Å². The third-order valence-corrected chi connectivity index (χ3v) is 4.03. The molecule has 1 aliphatic heterocycles. The van der Waals surface area contributed by atoms with E-state index >= 15 is 0 Å². The monoisotopic (exact) mass is 242 g/mol. The van der Waals surface area contributed by atoms with Gasteiger partial charge in [0, 0.05) is 25.2 Å². The van der Waals surface area contributed by atoms with Gasteiger partial charge >= 0.3 is 0 Å². The van der Waals surface area contributed by atoms with Gasteiger partial charge in [0.1, 0.15) is 0 Å². The quantitative estimate of drug-likeness (QED) is 0.772. The van der Waals surface area contributed by atoms with Crippen LogP contribution in [0.15, 0.2) is 0 Å². The highest BCUT2D eigenvalue weighted by molar-refractivity contribution is 4.84. The van der Waals surface area contributed by atoms with Crippen LogP contribution >= 0.6 is 0 Å². The van der Waals surface area contributed by atoms with E-state index in [0.717, 1.165) is 25.6 Å². The summed E-state index contributed by atoms with van der Waals surface area (Å²) in [5, 5.41) is 3.44. The fourth-order valence-electron chi connectivity index (χ4n) is 2.46. The van der Waals surface area contributed by atoms with E-state index in [1.807, 2.05) is 0 Å². The Balaban J connectivity index is 2.50. The lowest BCUT2D eigenvalue weighted by Crippen LogP contribution is -2.53. The Morgan fingerprint density at radius 3 is 2.59 bits per heavy atom. The Labute approximate surface area is 107 Å². The zero-order chi connectivity index (χ0) is 12.8. The van der Waals surface area contributed by atoms with Gasteiger partial charge in [-0.25, -0.2) is 0 Å². The normalized spacial score (nSPS) is 26.1. The molecule has 1 rings (SSSR count). The van der Waals surface area contributed by atoms with Crippen LogP contribution in [0, 0.1) is 5.92 Å². The van der Waals surface area contributed by atoms with Gasteiger partial charge in [-0.1, -0.05) is 20.3 Å². The van der Waals surface area contributed by atoms with Crippen molar-refractivity contribution in [1.82, 2.24) is 10.2 Å². The molecule has 0 aromatic rings. The first-order valence-corrected chi connectivity index (χ1v) is 7.11. The second-order valence-electron chi connectivity index (χ2n) is 5.64. The van der Waals surface area contributed by atoms with E-state index in [1.54, 1.807) is 0 Å². The van der Waals surface area contributed by atoms with Gasteiger partial charge in [-0.05, 0) is 33.2 Å². The Kier molecular flexibility index (Phi) is 6.45. The fraction of sp³-hybridized carbons (Fsp3) is 1.00. The first kappa shape index (κ1) is 14.9. The van der Waals surface area contributed by atoms with E-state index in [2.05, 4.69) is 45.0 Å². The zero-order valence-corrected chi connectivity index (χ0v) is 12.2. The van der Waals surface area contributed by atoms with Crippen LogP contribution in [0.25, 0.3) is 0 Å². The molecule has 0 aromatic carbocycles. The molecule has 3 heteroatoms. The number of morpholine rings is 1. The summed E-state index contributed by atoms with van der Waals surface area (Å²) < 4.78 is 5.95. The van der Waals surface area contributed by atoms with E-state index in [9.17, 15) is 0 Å².